The second-order valence-corrected chi connectivity index (χ2v) is 7.18. The molecule has 25 heavy (non-hydrogen) atoms. The van der Waals surface area contributed by atoms with E-state index in [0.29, 0.717) is 12.3 Å². The van der Waals surface area contributed by atoms with Gasteiger partial charge in [0.1, 0.15) is 0 Å². The Morgan fingerprint density at radius 2 is 1.96 bits per heavy atom. The molecular weight excluding hydrogens is 308 g/mol. The summed E-state index contributed by atoms with van der Waals surface area (Å²) in [5.74, 6) is 0.672. The molecule has 1 amide bonds. The molecule has 0 saturated carbocycles. The van der Waals surface area contributed by atoms with Crippen LogP contribution < -0.4 is 0 Å². The Bertz CT molecular complexity index is 925. The predicted molar refractivity (Wildman–Crippen MR) is 102 cm³/mol. The zero-order chi connectivity index (χ0) is 17.4. The number of aromatic nitrogens is 1. The molecule has 1 saturated heterocycles. The molecule has 1 fully saturated rings. The van der Waals surface area contributed by atoms with Crippen molar-refractivity contribution in [3.63, 3.8) is 0 Å². The first-order valence-corrected chi connectivity index (χ1v) is 8.99. The lowest BCUT2D eigenvalue weighted by Crippen LogP contribution is -2.30. The number of carbonyl (C=O) groups excluding carboxylic acids is 1. The van der Waals surface area contributed by atoms with Gasteiger partial charge in [0.25, 0.3) is 0 Å². The van der Waals surface area contributed by atoms with Gasteiger partial charge in [0.2, 0.25) is 5.91 Å². The number of para-hydroxylation sites is 1. The highest BCUT2D eigenvalue weighted by molar-refractivity contribution is 5.82. The summed E-state index contributed by atoms with van der Waals surface area (Å²) in [5.41, 5.74) is 4.92. The molecule has 0 bridgehead atoms. The SMILES string of the molecule is Cc1cccc(CC(=O)N2CCC(c3cc4ccccc4n3C)C2)c1. The van der Waals surface area contributed by atoms with Crippen LogP contribution in [-0.2, 0) is 18.3 Å². The Balaban J connectivity index is 1.49. The smallest absolute Gasteiger partial charge is 0.227 e. The lowest BCUT2D eigenvalue weighted by molar-refractivity contribution is -0.129. The number of amides is 1. The van der Waals surface area contributed by atoms with Crippen molar-refractivity contribution >= 4 is 16.8 Å². The lowest BCUT2D eigenvalue weighted by atomic mass is 10.0. The molecule has 0 radical (unpaired) electrons. The maximum atomic E-state index is 12.7. The molecule has 1 aliphatic rings. The van der Waals surface area contributed by atoms with Crippen LogP contribution in [0, 0.1) is 6.92 Å². The normalized spacial score (nSPS) is 17.4. The Labute approximate surface area is 148 Å². The van der Waals surface area contributed by atoms with Crippen LogP contribution >= 0.6 is 0 Å². The molecule has 0 spiro atoms. The molecule has 3 nitrogen and oxygen atoms in total. The average Bonchev–Trinajstić information content (AvgIpc) is 3.20. The van der Waals surface area contributed by atoms with Gasteiger partial charge in [-0.05, 0) is 36.4 Å². The molecule has 1 aliphatic heterocycles. The van der Waals surface area contributed by atoms with Crippen LogP contribution in [0.25, 0.3) is 10.9 Å². The standard InChI is InChI=1S/C22H24N2O/c1-16-6-5-7-17(12-16)13-22(25)24-11-10-19(15-24)21-14-18-8-3-4-9-20(18)23(21)2/h3-9,12,14,19H,10-11,13,15H2,1-2H3. The third-order valence-electron chi connectivity index (χ3n) is 5.39. The summed E-state index contributed by atoms with van der Waals surface area (Å²) in [6.45, 7) is 3.76. The zero-order valence-electron chi connectivity index (χ0n) is 14.9. The van der Waals surface area contributed by atoms with Gasteiger partial charge >= 0.3 is 0 Å². The summed E-state index contributed by atoms with van der Waals surface area (Å²) in [4.78, 5) is 14.7. The van der Waals surface area contributed by atoms with E-state index in [-0.39, 0.29) is 5.91 Å². The minimum absolute atomic E-state index is 0.242. The van der Waals surface area contributed by atoms with Crippen LogP contribution in [0.4, 0.5) is 0 Å². The maximum Gasteiger partial charge on any atom is 0.227 e. The average molecular weight is 332 g/mol. The Hall–Kier alpha value is -2.55. The number of hydrogen-bond acceptors (Lipinski definition) is 1. The molecule has 4 rings (SSSR count). The number of nitrogens with zero attached hydrogens (tertiary/aromatic N) is 2. The summed E-state index contributed by atoms with van der Waals surface area (Å²) in [6.07, 6.45) is 1.55. The predicted octanol–water partition coefficient (Wildman–Crippen LogP) is 4.05. The largest absolute Gasteiger partial charge is 0.347 e. The summed E-state index contributed by atoms with van der Waals surface area (Å²) in [5, 5.41) is 1.28. The van der Waals surface area contributed by atoms with E-state index in [1.54, 1.807) is 0 Å². The molecule has 3 heteroatoms. The van der Waals surface area contributed by atoms with E-state index < -0.39 is 0 Å². The number of likely N-dealkylation sites (tertiary alicyclic amines) is 1. The van der Waals surface area contributed by atoms with Crippen LogP contribution in [0.1, 0.15) is 29.2 Å². The second-order valence-electron chi connectivity index (χ2n) is 7.18. The van der Waals surface area contributed by atoms with Gasteiger partial charge in [-0.3, -0.25) is 4.79 Å². The van der Waals surface area contributed by atoms with E-state index in [0.717, 1.165) is 25.1 Å². The zero-order valence-corrected chi connectivity index (χ0v) is 14.9. The van der Waals surface area contributed by atoms with Crippen LogP contribution in [0.2, 0.25) is 0 Å². The Morgan fingerprint density at radius 1 is 1.12 bits per heavy atom. The van der Waals surface area contributed by atoms with Crippen LogP contribution in [0.15, 0.2) is 54.6 Å². The Kier molecular flexibility index (Phi) is 4.08. The molecule has 0 N–H and O–H groups in total. The van der Waals surface area contributed by atoms with Crippen molar-refractivity contribution in [1.82, 2.24) is 9.47 Å². The van der Waals surface area contributed by atoms with Gasteiger partial charge in [-0.1, -0.05) is 48.0 Å². The first-order valence-electron chi connectivity index (χ1n) is 8.99. The van der Waals surface area contributed by atoms with Crippen molar-refractivity contribution in [2.45, 2.75) is 25.7 Å². The van der Waals surface area contributed by atoms with Gasteiger partial charge < -0.3 is 9.47 Å². The molecule has 1 aromatic heterocycles. The molecule has 2 heterocycles. The highest BCUT2D eigenvalue weighted by Crippen LogP contribution is 2.31. The van der Waals surface area contributed by atoms with Gasteiger partial charge in [0.15, 0.2) is 0 Å². The van der Waals surface area contributed by atoms with E-state index in [2.05, 4.69) is 61.0 Å². The van der Waals surface area contributed by atoms with Crippen LogP contribution in [0.5, 0.6) is 0 Å². The van der Waals surface area contributed by atoms with E-state index in [1.165, 1.54) is 22.2 Å². The Morgan fingerprint density at radius 3 is 2.76 bits per heavy atom. The molecule has 128 valence electrons. The first-order chi connectivity index (χ1) is 12.1. The van der Waals surface area contributed by atoms with Gasteiger partial charge in [-0.15, -0.1) is 0 Å². The van der Waals surface area contributed by atoms with Crippen LogP contribution in [0.3, 0.4) is 0 Å². The maximum absolute atomic E-state index is 12.7. The molecule has 2 aromatic carbocycles. The van der Waals surface area contributed by atoms with E-state index >= 15 is 0 Å². The summed E-state index contributed by atoms with van der Waals surface area (Å²) >= 11 is 0. The van der Waals surface area contributed by atoms with Crippen molar-refractivity contribution < 1.29 is 4.79 Å². The molecule has 3 aromatic rings. The number of carbonyl (C=O) groups is 1. The van der Waals surface area contributed by atoms with E-state index in [9.17, 15) is 4.79 Å². The first kappa shape index (κ1) is 15.9. The van der Waals surface area contributed by atoms with Gasteiger partial charge in [0.05, 0.1) is 6.42 Å². The minimum Gasteiger partial charge on any atom is -0.347 e. The summed E-state index contributed by atoms with van der Waals surface area (Å²) < 4.78 is 2.29. The highest BCUT2D eigenvalue weighted by atomic mass is 16.2. The molecule has 1 unspecified atom stereocenters. The fourth-order valence-corrected chi connectivity index (χ4v) is 4.04. The summed E-state index contributed by atoms with van der Waals surface area (Å²) in [6, 6.07) is 19.0. The number of fused-ring (bicyclic) bond motifs is 1. The molecular formula is C22H24N2O. The monoisotopic (exact) mass is 332 g/mol. The second kappa shape index (κ2) is 6.40. The highest BCUT2D eigenvalue weighted by Gasteiger charge is 2.29. The van der Waals surface area contributed by atoms with Crippen molar-refractivity contribution in [3.8, 4) is 0 Å². The van der Waals surface area contributed by atoms with Crippen molar-refractivity contribution in [2.75, 3.05) is 13.1 Å². The lowest BCUT2D eigenvalue weighted by Gasteiger charge is -2.17. The number of aryl methyl sites for hydroxylation is 2. The fraction of sp³-hybridized carbons (Fsp3) is 0.318. The minimum atomic E-state index is 0.242. The number of hydrogen-bond donors (Lipinski definition) is 0. The molecule has 0 aliphatic carbocycles. The van der Waals surface area contributed by atoms with Crippen LogP contribution in [-0.4, -0.2) is 28.5 Å². The third-order valence-corrected chi connectivity index (χ3v) is 5.39. The number of benzene rings is 2. The number of rotatable bonds is 3. The van der Waals surface area contributed by atoms with Gasteiger partial charge in [-0.2, -0.15) is 0 Å². The van der Waals surface area contributed by atoms with Crippen molar-refractivity contribution in [2.24, 2.45) is 7.05 Å². The summed E-state index contributed by atoms with van der Waals surface area (Å²) in [7, 11) is 2.13. The quantitative estimate of drug-likeness (QED) is 0.710. The third kappa shape index (κ3) is 3.07. The van der Waals surface area contributed by atoms with Gasteiger partial charge in [-0.25, -0.2) is 0 Å². The van der Waals surface area contributed by atoms with Crippen molar-refractivity contribution in [1.29, 1.82) is 0 Å². The molecule has 1 atom stereocenters. The van der Waals surface area contributed by atoms with E-state index in [1.807, 2.05) is 17.0 Å². The topological polar surface area (TPSA) is 25.2 Å². The fourth-order valence-electron chi connectivity index (χ4n) is 4.04. The van der Waals surface area contributed by atoms with E-state index in [4.69, 9.17) is 0 Å². The van der Waals surface area contributed by atoms with Gasteiger partial charge in [0, 0.05) is 37.3 Å². The van der Waals surface area contributed by atoms with Crippen molar-refractivity contribution in [3.05, 3.63) is 71.4 Å².